The summed E-state index contributed by atoms with van der Waals surface area (Å²) in [4.78, 5) is 11.1. The van der Waals surface area contributed by atoms with E-state index in [1.807, 2.05) is 30.3 Å². The Bertz CT molecular complexity index is 994. The number of rotatable bonds is 9. The van der Waals surface area contributed by atoms with Gasteiger partial charge in [-0.1, -0.05) is 0 Å². The van der Waals surface area contributed by atoms with Gasteiger partial charge in [-0.05, 0) is 54.8 Å². The molecule has 3 rings (SSSR count). The van der Waals surface area contributed by atoms with E-state index in [0.717, 1.165) is 22.9 Å². The zero-order chi connectivity index (χ0) is 20.8. The fourth-order valence-electron chi connectivity index (χ4n) is 3.11. The smallest absolute Gasteiger partial charge is 0.320 e. The molecule has 0 amide bonds. The highest BCUT2D eigenvalue weighted by molar-refractivity contribution is 6.26. The minimum atomic E-state index is -0.408. The molecule has 0 unspecified atom stereocenters. The second-order valence-electron chi connectivity index (χ2n) is 6.35. The molecule has 1 aromatic heterocycles. The number of halogens is 1. The van der Waals surface area contributed by atoms with E-state index in [4.69, 9.17) is 35.0 Å². The quantitative estimate of drug-likeness (QED) is 0.281. The molecule has 0 aliphatic rings. The van der Waals surface area contributed by atoms with Gasteiger partial charge in [0.1, 0.15) is 11.6 Å². The van der Waals surface area contributed by atoms with Crippen LogP contribution in [0, 0.1) is 0 Å². The van der Waals surface area contributed by atoms with Gasteiger partial charge in [-0.2, -0.15) is 0 Å². The molecule has 29 heavy (non-hydrogen) atoms. The number of carbonyl (C=O) groups excluding carboxylic acids is 1. The largest absolute Gasteiger partial charge is 0.493 e. The van der Waals surface area contributed by atoms with E-state index in [2.05, 4.69) is 6.07 Å². The fraction of sp³-hybridized carbons (Fsp3) is 0.318. The van der Waals surface area contributed by atoms with E-state index < -0.39 is 5.97 Å². The lowest BCUT2D eigenvalue weighted by atomic mass is 10.1. The van der Waals surface area contributed by atoms with Crippen LogP contribution in [-0.4, -0.2) is 39.8 Å². The third-order valence-corrected chi connectivity index (χ3v) is 4.73. The van der Waals surface area contributed by atoms with Crippen molar-refractivity contribution in [2.24, 2.45) is 0 Å². The standard InChI is InChI=1S/C22H23ClO6/c1-25-17-7-6-15(11-19(17)26-2)18-12-16-9-14(5-4-8-28-21(24)13-23)10-20(27-3)22(16)29-18/h6-7,9-12H,4-5,8,13H2,1-3H3. The summed E-state index contributed by atoms with van der Waals surface area (Å²) in [6.07, 6.45) is 1.43. The molecule has 0 saturated carbocycles. The maximum Gasteiger partial charge on any atom is 0.320 e. The number of furan rings is 1. The van der Waals surface area contributed by atoms with Crippen molar-refractivity contribution in [3.05, 3.63) is 42.0 Å². The van der Waals surface area contributed by atoms with Crippen molar-refractivity contribution >= 4 is 28.5 Å². The molecule has 1 heterocycles. The lowest BCUT2D eigenvalue weighted by Crippen LogP contribution is -2.07. The summed E-state index contributed by atoms with van der Waals surface area (Å²) in [5.41, 5.74) is 2.61. The molecule has 154 valence electrons. The van der Waals surface area contributed by atoms with E-state index in [9.17, 15) is 4.79 Å². The number of aryl methyl sites for hydroxylation is 1. The highest BCUT2D eigenvalue weighted by atomic mass is 35.5. The van der Waals surface area contributed by atoms with E-state index in [0.29, 0.717) is 41.6 Å². The van der Waals surface area contributed by atoms with E-state index >= 15 is 0 Å². The van der Waals surface area contributed by atoms with Crippen LogP contribution in [0.4, 0.5) is 0 Å². The van der Waals surface area contributed by atoms with Crippen molar-refractivity contribution in [3.8, 4) is 28.6 Å². The number of benzene rings is 2. The van der Waals surface area contributed by atoms with Crippen LogP contribution in [0.1, 0.15) is 12.0 Å². The van der Waals surface area contributed by atoms with Crippen LogP contribution in [0.15, 0.2) is 40.8 Å². The van der Waals surface area contributed by atoms with Gasteiger partial charge in [0.05, 0.1) is 27.9 Å². The summed E-state index contributed by atoms with van der Waals surface area (Å²) < 4.78 is 27.3. The zero-order valence-electron chi connectivity index (χ0n) is 16.6. The van der Waals surface area contributed by atoms with Gasteiger partial charge in [0.2, 0.25) is 0 Å². The summed E-state index contributed by atoms with van der Waals surface area (Å²) in [5, 5.41) is 0.932. The van der Waals surface area contributed by atoms with Gasteiger partial charge in [0.25, 0.3) is 0 Å². The topological polar surface area (TPSA) is 67.1 Å². The van der Waals surface area contributed by atoms with Gasteiger partial charge in [0.15, 0.2) is 22.8 Å². The molecule has 0 bridgehead atoms. The van der Waals surface area contributed by atoms with Crippen LogP contribution in [0.2, 0.25) is 0 Å². The normalized spacial score (nSPS) is 10.8. The second kappa shape index (κ2) is 9.56. The predicted octanol–water partition coefficient (Wildman–Crippen LogP) is 4.84. The number of ether oxygens (including phenoxy) is 4. The summed E-state index contributed by atoms with van der Waals surface area (Å²) in [5.74, 6) is 2.10. The first-order valence-electron chi connectivity index (χ1n) is 9.14. The third-order valence-electron chi connectivity index (χ3n) is 4.51. The number of esters is 1. The Labute approximate surface area is 174 Å². The molecule has 0 aliphatic heterocycles. The van der Waals surface area contributed by atoms with Gasteiger partial charge < -0.3 is 23.4 Å². The van der Waals surface area contributed by atoms with Crippen molar-refractivity contribution in [1.82, 2.24) is 0 Å². The molecule has 6 nitrogen and oxygen atoms in total. The molecule has 7 heteroatoms. The first-order chi connectivity index (χ1) is 14.1. The number of carbonyl (C=O) groups is 1. The molecule has 3 aromatic rings. The van der Waals surface area contributed by atoms with Crippen molar-refractivity contribution in [2.45, 2.75) is 12.8 Å². The summed E-state index contributed by atoms with van der Waals surface area (Å²) >= 11 is 5.43. The lowest BCUT2D eigenvalue weighted by molar-refractivity contribution is -0.140. The van der Waals surface area contributed by atoms with E-state index in [1.54, 1.807) is 21.3 Å². The van der Waals surface area contributed by atoms with E-state index in [1.165, 1.54) is 0 Å². The van der Waals surface area contributed by atoms with Crippen LogP contribution < -0.4 is 14.2 Å². The number of hydrogen-bond acceptors (Lipinski definition) is 6. The Hall–Kier alpha value is -2.86. The average Bonchev–Trinajstić information content (AvgIpc) is 3.19. The van der Waals surface area contributed by atoms with Crippen LogP contribution in [0.5, 0.6) is 17.2 Å². The number of fused-ring (bicyclic) bond motifs is 1. The second-order valence-corrected chi connectivity index (χ2v) is 6.62. The van der Waals surface area contributed by atoms with Gasteiger partial charge in [-0.15, -0.1) is 11.6 Å². The number of alkyl halides is 1. The van der Waals surface area contributed by atoms with Gasteiger partial charge in [0, 0.05) is 10.9 Å². The molecule has 2 aromatic carbocycles. The minimum Gasteiger partial charge on any atom is -0.493 e. The Balaban J connectivity index is 1.86. The Kier molecular flexibility index (Phi) is 6.88. The molecule has 0 saturated heterocycles. The molecular formula is C22H23ClO6. The zero-order valence-corrected chi connectivity index (χ0v) is 17.4. The SMILES string of the molecule is COc1ccc(-c2cc3cc(CCCOC(=O)CCl)cc(OC)c3o2)cc1OC. The summed E-state index contributed by atoms with van der Waals surface area (Å²) in [7, 11) is 4.81. The van der Waals surface area contributed by atoms with Crippen LogP contribution in [-0.2, 0) is 16.0 Å². The minimum absolute atomic E-state index is 0.131. The monoisotopic (exact) mass is 418 g/mol. The molecule has 0 aliphatic carbocycles. The van der Waals surface area contributed by atoms with Crippen molar-refractivity contribution in [3.63, 3.8) is 0 Å². The molecule has 0 fully saturated rings. The predicted molar refractivity (Wildman–Crippen MR) is 111 cm³/mol. The van der Waals surface area contributed by atoms with E-state index in [-0.39, 0.29) is 5.88 Å². The van der Waals surface area contributed by atoms with Gasteiger partial charge >= 0.3 is 5.97 Å². The number of hydrogen-bond donors (Lipinski definition) is 0. The fourth-order valence-corrected chi connectivity index (χ4v) is 3.19. The Morgan fingerprint density at radius 1 is 0.966 bits per heavy atom. The van der Waals surface area contributed by atoms with Crippen molar-refractivity contribution in [2.75, 3.05) is 33.8 Å². The highest BCUT2D eigenvalue weighted by Crippen LogP contribution is 2.38. The van der Waals surface area contributed by atoms with Gasteiger partial charge in [-0.25, -0.2) is 0 Å². The number of methoxy groups -OCH3 is 3. The maximum atomic E-state index is 11.1. The highest BCUT2D eigenvalue weighted by Gasteiger charge is 2.14. The molecular weight excluding hydrogens is 396 g/mol. The molecule has 0 radical (unpaired) electrons. The van der Waals surface area contributed by atoms with Crippen LogP contribution >= 0.6 is 11.6 Å². The average molecular weight is 419 g/mol. The van der Waals surface area contributed by atoms with Gasteiger partial charge in [-0.3, -0.25) is 4.79 Å². The summed E-state index contributed by atoms with van der Waals surface area (Å²) in [6.45, 7) is 0.328. The van der Waals surface area contributed by atoms with Crippen LogP contribution in [0.3, 0.4) is 0 Å². The first kappa shape index (κ1) is 20.9. The third kappa shape index (κ3) is 4.77. The maximum absolute atomic E-state index is 11.1. The Morgan fingerprint density at radius 2 is 1.72 bits per heavy atom. The first-order valence-corrected chi connectivity index (χ1v) is 9.67. The van der Waals surface area contributed by atoms with Crippen molar-refractivity contribution < 1.29 is 28.2 Å². The van der Waals surface area contributed by atoms with Crippen molar-refractivity contribution in [1.29, 1.82) is 0 Å². The Morgan fingerprint density at radius 3 is 2.41 bits per heavy atom. The molecule has 0 N–H and O–H groups in total. The lowest BCUT2D eigenvalue weighted by Gasteiger charge is -2.08. The summed E-state index contributed by atoms with van der Waals surface area (Å²) in [6, 6.07) is 11.6. The van der Waals surface area contributed by atoms with Crippen LogP contribution in [0.25, 0.3) is 22.3 Å². The molecule has 0 spiro atoms. The molecule has 0 atom stereocenters.